The highest BCUT2D eigenvalue weighted by molar-refractivity contribution is 5.66. The van der Waals surface area contributed by atoms with Gasteiger partial charge in [-0.05, 0) is 38.0 Å². The molecule has 0 saturated heterocycles. The van der Waals surface area contributed by atoms with Gasteiger partial charge in [0, 0.05) is 6.42 Å². The minimum Gasteiger partial charge on any atom is -0.481 e. The number of hydrogen-bond acceptors (Lipinski definition) is 1. The van der Waals surface area contributed by atoms with E-state index in [2.05, 4.69) is 0 Å². The number of hydrogen-bond donors (Lipinski definition) is 1. The Morgan fingerprint density at radius 2 is 2.06 bits per heavy atom. The fourth-order valence-electron chi connectivity index (χ4n) is 2.38. The van der Waals surface area contributed by atoms with Crippen LogP contribution in [0.1, 0.15) is 44.9 Å². The zero-order valence-electron chi connectivity index (χ0n) is 9.39. The lowest BCUT2D eigenvalue weighted by atomic mass is 9.77. The van der Waals surface area contributed by atoms with Gasteiger partial charge in [0.2, 0.25) is 5.67 Å². The number of alkyl halides is 4. The Morgan fingerprint density at radius 1 is 1.41 bits per heavy atom. The summed E-state index contributed by atoms with van der Waals surface area (Å²) in [5.74, 6) is -1.32. The number of carboxylic acids is 1. The van der Waals surface area contributed by atoms with Gasteiger partial charge in [-0.2, -0.15) is 13.2 Å². The Morgan fingerprint density at radius 3 is 2.59 bits per heavy atom. The molecule has 0 spiro atoms. The first-order valence-electron chi connectivity index (χ1n) is 5.72. The largest absolute Gasteiger partial charge is 0.481 e. The van der Waals surface area contributed by atoms with Crippen LogP contribution in [0.15, 0.2) is 0 Å². The summed E-state index contributed by atoms with van der Waals surface area (Å²) in [5, 5.41) is 8.42. The molecule has 2 nitrogen and oxygen atoms in total. The standard InChI is InChI=1S/C11H16F4O2/c12-10(11(13,14)15)6-2-4-8(7-10)3-1-5-9(16)17/h8H,1-7H2,(H,16,17). The van der Waals surface area contributed by atoms with E-state index in [9.17, 15) is 22.4 Å². The quantitative estimate of drug-likeness (QED) is 0.779. The molecular formula is C11H16F4O2. The number of rotatable bonds is 4. The van der Waals surface area contributed by atoms with Gasteiger partial charge >= 0.3 is 12.1 Å². The van der Waals surface area contributed by atoms with Crippen molar-refractivity contribution >= 4 is 5.97 Å². The van der Waals surface area contributed by atoms with E-state index < -0.39 is 30.7 Å². The molecule has 2 atom stereocenters. The SMILES string of the molecule is O=C(O)CCCC1CCCC(F)(C(F)(F)F)C1. The van der Waals surface area contributed by atoms with E-state index in [1.165, 1.54) is 0 Å². The van der Waals surface area contributed by atoms with Gasteiger partial charge in [-0.25, -0.2) is 4.39 Å². The maximum Gasteiger partial charge on any atom is 0.422 e. The molecule has 0 heterocycles. The van der Waals surface area contributed by atoms with Crippen molar-refractivity contribution in [2.45, 2.75) is 56.8 Å². The summed E-state index contributed by atoms with van der Waals surface area (Å²) in [5.41, 5.74) is -3.07. The molecule has 0 aromatic heterocycles. The predicted octanol–water partition coefficient (Wildman–Crippen LogP) is 3.70. The average Bonchev–Trinajstić information content (AvgIpc) is 2.15. The molecule has 1 saturated carbocycles. The van der Waals surface area contributed by atoms with Gasteiger partial charge in [-0.3, -0.25) is 4.79 Å². The molecule has 1 N–H and O–H groups in total. The van der Waals surface area contributed by atoms with E-state index in [-0.39, 0.29) is 18.8 Å². The third-order valence-corrected chi connectivity index (χ3v) is 3.31. The van der Waals surface area contributed by atoms with E-state index in [0.29, 0.717) is 19.3 Å². The zero-order valence-corrected chi connectivity index (χ0v) is 9.39. The molecule has 0 aliphatic heterocycles. The van der Waals surface area contributed by atoms with Crippen molar-refractivity contribution in [3.63, 3.8) is 0 Å². The maximum absolute atomic E-state index is 13.7. The van der Waals surface area contributed by atoms with Crippen LogP contribution >= 0.6 is 0 Å². The number of aliphatic carboxylic acids is 1. The van der Waals surface area contributed by atoms with Crippen LogP contribution in [0, 0.1) is 5.92 Å². The van der Waals surface area contributed by atoms with Crippen LogP contribution in [0.2, 0.25) is 0 Å². The van der Waals surface area contributed by atoms with E-state index >= 15 is 0 Å². The normalized spacial score (nSPS) is 30.2. The van der Waals surface area contributed by atoms with Crippen molar-refractivity contribution in [2.75, 3.05) is 0 Å². The molecule has 0 aromatic carbocycles. The highest BCUT2D eigenvalue weighted by Gasteiger charge is 2.57. The molecule has 0 bridgehead atoms. The Labute approximate surface area is 97.0 Å². The molecule has 0 aromatic rings. The van der Waals surface area contributed by atoms with Crippen molar-refractivity contribution in [3.05, 3.63) is 0 Å². The minimum absolute atomic E-state index is 0.0677. The molecule has 0 amide bonds. The molecule has 2 unspecified atom stereocenters. The van der Waals surface area contributed by atoms with Gasteiger partial charge in [-0.15, -0.1) is 0 Å². The summed E-state index contributed by atoms with van der Waals surface area (Å²) in [6.45, 7) is 0. The summed E-state index contributed by atoms with van der Waals surface area (Å²) in [7, 11) is 0. The average molecular weight is 256 g/mol. The van der Waals surface area contributed by atoms with E-state index in [4.69, 9.17) is 5.11 Å². The highest BCUT2D eigenvalue weighted by atomic mass is 19.4. The van der Waals surface area contributed by atoms with Crippen molar-refractivity contribution in [1.82, 2.24) is 0 Å². The first-order chi connectivity index (χ1) is 7.74. The Hall–Kier alpha value is -0.810. The topological polar surface area (TPSA) is 37.3 Å². The maximum atomic E-state index is 13.7. The lowest BCUT2D eigenvalue weighted by Crippen LogP contribution is -2.44. The van der Waals surface area contributed by atoms with Crippen molar-refractivity contribution in [3.8, 4) is 0 Å². The molecule has 1 rings (SSSR count). The van der Waals surface area contributed by atoms with Crippen molar-refractivity contribution in [1.29, 1.82) is 0 Å². The smallest absolute Gasteiger partial charge is 0.422 e. The molecule has 1 aliphatic rings. The fraction of sp³-hybridized carbons (Fsp3) is 0.909. The highest BCUT2D eigenvalue weighted by Crippen LogP contribution is 2.47. The molecule has 6 heteroatoms. The van der Waals surface area contributed by atoms with Crippen LogP contribution in [0.4, 0.5) is 17.6 Å². The lowest BCUT2D eigenvalue weighted by molar-refractivity contribution is -0.244. The van der Waals surface area contributed by atoms with Gasteiger partial charge < -0.3 is 5.11 Å². The number of halogens is 4. The Bertz CT molecular complexity index is 277. The molecule has 1 aliphatic carbocycles. The van der Waals surface area contributed by atoms with Gasteiger partial charge in [0.05, 0.1) is 0 Å². The fourth-order valence-corrected chi connectivity index (χ4v) is 2.38. The second-order valence-corrected chi connectivity index (χ2v) is 4.71. The zero-order chi connectivity index (χ0) is 13.1. The number of carboxylic acid groups (broad SMARTS) is 1. The summed E-state index contributed by atoms with van der Waals surface area (Å²) >= 11 is 0. The van der Waals surface area contributed by atoms with Crippen LogP contribution in [-0.2, 0) is 4.79 Å². The Balaban J connectivity index is 2.46. The van der Waals surface area contributed by atoms with Crippen LogP contribution < -0.4 is 0 Å². The third-order valence-electron chi connectivity index (χ3n) is 3.31. The first-order valence-corrected chi connectivity index (χ1v) is 5.72. The van der Waals surface area contributed by atoms with Crippen LogP contribution in [0.25, 0.3) is 0 Å². The Kier molecular flexibility index (Phi) is 4.38. The van der Waals surface area contributed by atoms with Gasteiger partial charge in [-0.1, -0.05) is 6.42 Å². The summed E-state index contributed by atoms with van der Waals surface area (Å²) in [6.07, 6.45) is -4.42. The molecule has 17 heavy (non-hydrogen) atoms. The predicted molar refractivity (Wildman–Crippen MR) is 53.3 cm³/mol. The van der Waals surface area contributed by atoms with Gasteiger partial charge in [0.15, 0.2) is 0 Å². The molecule has 1 fully saturated rings. The second kappa shape index (κ2) is 5.23. The van der Waals surface area contributed by atoms with E-state index in [0.717, 1.165) is 0 Å². The lowest BCUT2D eigenvalue weighted by Gasteiger charge is -2.36. The van der Waals surface area contributed by atoms with Crippen LogP contribution in [0.3, 0.4) is 0 Å². The summed E-state index contributed by atoms with van der Waals surface area (Å²) in [4.78, 5) is 10.3. The molecule has 100 valence electrons. The second-order valence-electron chi connectivity index (χ2n) is 4.71. The first kappa shape index (κ1) is 14.3. The van der Waals surface area contributed by atoms with Gasteiger partial charge in [0.25, 0.3) is 0 Å². The van der Waals surface area contributed by atoms with Crippen LogP contribution in [0.5, 0.6) is 0 Å². The van der Waals surface area contributed by atoms with E-state index in [1.54, 1.807) is 0 Å². The number of carbonyl (C=O) groups is 1. The van der Waals surface area contributed by atoms with Gasteiger partial charge in [0.1, 0.15) is 0 Å². The minimum atomic E-state index is -4.81. The summed E-state index contributed by atoms with van der Waals surface area (Å²) in [6, 6.07) is 0. The molecule has 0 radical (unpaired) electrons. The van der Waals surface area contributed by atoms with E-state index in [1.807, 2.05) is 0 Å². The molecular weight excluding hydrogens is 240 g/mol. The third kappa shape index (κ3) is 3.85. The monoisotopic (exact) mass is 256 g/mol. The van der Waals surface area contributed by atoms with Crippen molar-refractivity contribution < 1.29 is 27.5 Å². The van der Waals surface area contributed by atoms with Crippen LogP contribution in [-0.4, -0.2) is 22.9 Å². The summed E-state index contributed by atoms with van der Waals surface area (Å²) < 4.78 is 51.1. The van der Waals surface area contributed by atoms with Crippen molar-refractivity contribution in [2.24, 2.45) is 5.92 Å².